The number of hydrogen-bond donors (Lipinski definition) is 4. The maximum Gasteiger partial charge on any atom is 0.412 e. The zero-order valence-electron chi connectivity index (χ0n) is 26.2. The maximum atomic E-state index is 13.5. The molecule has 1 aliphatic carbocycles. The highest BCUT2D eigenvalue weighted by Gasteiger charge is 2.51. The number of carbonyl (C=O) groups is 4. The Bertz CT molecular complexity index is 1770. The van der Waals surface area contributed by atoms with Crippen LogP contribution in [0.25, 0.3) is 11.1 Å². The van der Waals surface area contributed by atoms with Crippen LogP contribution < -0.4 is 21.3 Å². The summed E-state index contributed by atoms with van der Waals surface area (Å²) in [5.74, 6) is -1.25. The first-order valence-corrected chi connectivity index (χ1v) is 15.0. The topological polar surface area (TPSA) is 135 Å². The summed E-state index contributed by atoms with van der Waals surface area (Å²) in [6, 6.07) is 26.4. The Labute approximate surface area is 271 Å². The van der Waals surface area contributed by atoms with E-state index in [-0.39, 0.29) is 23.9 Å². The molecule has 242 valence electrons. The normalized spacial score (nSPS) is 13.1. The number of amides is 4. The van der Waals surface area contributed by atoms with Crippen LogP contribution in [-0.2, 0) is 20.9 Å². The zero-order chi connectivity index (χ0) is 33.6. The Morgan fingerprint density at radius 3 is 2.04 bits per heavy atom. The molecule has 4 N–H and O–H groups in total. The summed E-state index contributed by atoms with van der Waals surface area (Å²) in [5.41, 5.74) is 1.73. The summed E-state index contributed by atoms with van der Waals surface area (Å²) in [5, 5.41) is 11.0. The quantitative estimate of drug-likeness (QED) is 0.150. The van der Waals surface area contributed by atoms with E-state index >= 15 is 0 Å². The molecule has 0 atom stereocenters. The van der Waals surface area contributed by atoms with E-state index in [4.69, 9.17) is 9.47 Å². The molecule has 4 aromatic rings. The van der Waals surface area contributed by atoms with Crippen molar-refractivity contribution in [3.05, 3.63) is 114 Å². The monoisotopic (exact) mass is 638 g/mol. The summed E-state index contributed by atoms with van der Waals surface area (Å²) in [7, 11) is 0. The van der Waals surface area contributed by atoms with Crippen LogP contribution in [0.4, 0.5) is 31.0 Å². The Hall–Kier alpha value is -5.71. The zero-order valence-corrected chi connectivity index (χ0v) is 26.2. The van der Waals surface area contributed by atoms with Crippen LogP contribution in [0.5, 0.6) is 0 Å². The summed E-state index contributed by atoms with van der Waals surface area (Å²) >= 11 is 0. The molecule has 11 heteroatoms. The van der Waals surface area contributed by atoms with E-state index in [9.17, 15) is 23.6 Å². The lowest BCUT2D eigenvalue weighted by molar-refractivity contribution is -0.119. The molecule has 0 radical (unpaired) electrons. The fraction of sp³-hybridized carbons (Fsp3) is 0.222. The lowest BCUT2D eigenvalue weighted by Gasteiger charge is -2.21. The lowest BCUT2D eigenvalue weighted by atomic mass is 10.0. The average molecular weight is 639 g/mol. The number of rotatable bonds is 9. The Morgan fingerprint density at radius 2 is 1.40 bits per heavy atom. The van der Waals surface area contributed by atoms with E-state index < -0.39 is 29.2 Å². The third kappa shape index (κ3) is 8.94. The van der Waals surface area contributed by atoms with Crippen molar-refractivity contribution in [2.75, 3.05) is 16.0 Å². The van der Waals surface area contributed by atoms with Gasteiger partial charge in [-0.15, -0.1) is 0 Å². The van der Waals surface area contributed by atoms with Gasteiger partial charge < -0.3 is 25.4 Å². The van der Waals surface area contributed by atoms with Crippen molar-refractivity contribution in [3.63, 3.8) is 0 Å². The largest absolute Gasteiger partial charge is 0.445 e. The molecular weight excluding hydrogens is 603 g/mol. The van der Waals surface area contributed by atoms with Gasteiger partial charge in [0.25, 0.3) is 5.91 Å². The molecule has 1 aliphatic rings. The first-order chi connectivity index (χ1) is 22.4. The third-order valence-corrected chi connectivity index (χ3v) is 7.22. The van der Waals surface area contributed by atoms with Gasteiger partial charge in [0.2, 0.25) is 5.91 Å². The molecule has 5 rings (SSSR count). The van der Waals surface area contributed by atoms with Crippen molar-refractivity contribution in [1.82, 2.24) is 5.32 Å². The van der Waals surface area contributed by atoms with E-state index in [1.54, 1.807) is 63.2 Å². The minimum Gasteiger partial charge on any atom is -0.445 e. The van der Waals surface area contributed by atoms with Gasteiger partial charge in [0.15, 0.2) is 0 Å². The van der Waals surface area contributed by atoms with Gasteiger partial charge in [-0.3, -0.25) is 14.9 Å². The second-order valence-corrected chi connectivity index (χ2v) is 12.1. The van der Waals surface area contributed by atoms with Gasteiger partial charge in [-0.2, -0.15) is 0 Å². The summed E-state index contributed by atoms with van der Waals surface area (Å²) < 4.78 is 24.1. The van der Waals surface area contributed by atoms with Crippen LogP contribution in [-0.4, -0.2) is 35.1 Å². The standard InChI is InChI=1S/C36H35FN4O6/c1-35(2,3)47-33(44)40-29-18-13-26(24-9-14-27(37)15-10-24)21-30(29)39-31(42)25-11-16-28(17-12-25)38-32(43)36(19-20-36)41-34(45)46-22-23-7-5-4-6-8-23/h4-18,21H,19-20,22H2,1-3H3,(H,38,43)(H,39,42)(H,40,44)(H,41,45). The van der Waals surface area contributed by atoms with Crippen molar-refractivity contribution in [3.8, 4) is 11.1 Å². The summed E-state index contributed by atoms with van der Waals surface area (Å²) in [4.78, 5) is 51.2. The molecule has 0 unspecified atom stereocenters. The maximum absolute atomic E-state index is 13.5. The minimum atomic E-state index is -1.06. The van der Waals surface area contributed by atoms with Crippen molar-refractivity contribution in [2.45, 2.75) is 51.4 Å². The number of carbonyl (C=O) groups excluding carboxylic acids is 4. The van der Waals surface area contributed by atoms with E-state index in [2.05, 4.69) is 21.3 Å². The number of alkyl carbamates (subject to hydrolysis) is 1. The van der Waals surface area contributed by atoms with Gasteiger partial charge in [0.1, 0.15) is 23.6 Å². The fourth-order valence-electron chi connectivity index (χ4n) is 4.63. The molecule has 4 amide bonds. The molecule has 10 nitrogen and oxygen atoms in total. The number of benzene rings is 4. The summed E-state index contributed by atoms with van der Waals surface area (Å²) in [6.07, 6.45) is -0.445. The van der Waals surface area contributed by atoms with Crippen LogP contribution in [0.1, 0.15) is 49.5 Å². The molecule has 0 heterocycles. The fourth-order valence-corrected chi connectivity index (χ4v) is 4.63. The Kier molecular flexibility index (Phi) is 9.55. The van der Waals surface area contributed by atoms with E-state index in [0.717, 1.165) is 5.56 Å². The van der Waals surface area contributed by atoms with Crippen LogP contribution in [0, 0.1) is 5.82 Å². The smallest absolute Gasteiger partial charge is 0.412 e. The van der Waals surface area contributed by atoms with E-state index in [1.165, 1.54) is 24.3 Å². The lowest BCUT2D eigenvalue weighted by Crippen LogP contribution is -2.46. The second-order valence-electron chi connectivity index (χ2n) is 12.1. The molecule has 0 bridgehead atoms. The van der Waals surface area contributed by atoms with Crippen LogP contribution in [0.15, 0.2) is 97.1 Å². The molecule has 0 aromatic heterocycles. The van der Waals surface area contributed by atoms with Crippen LogP contribution in [0.3, 0.4) is 0 Å². The number of anilines is 3. The molecule has 1 fully saturated rings. The number of hydrogen-bond acceptors (Lipinski definition) is 6. The third-order valence-electron chi connectivity index (χ3n) is 7.22. The van der Waals surface area contributed by atoms with Gasteiger partial charge in [0.05, 0.1) is 11.4 Å². The highest BCUT2D eigenvalue weighted by molar-refractivity contribution is 6.08. The second kappa shape index (κ2) is 13.7. The predicted molar refractivity (Wildman–Crippen MR) is 176 cm³/mol. The van der Waals surface area contributed by atoms with Gasteiger partial charge in [-0.05, 0) is 98.8 Å². The first-order valence-electron chi connectivity index (χ1n) is 15.0. The number of nitrogens with one attached hydrogen (secondary N) is 4. The minimum absolute atomic E-state index is 0.0863. The van der Waals surface area contributed by atoms with Crippen LogP contribution in [0.2, 0.25) is 0 Å². The Morgan fingerprint density at radius 1 is 0.745 bits per heavy atom. The van der Waals surface area contributed by atoms with Crippen molar-refractivity contribution < 1.29 is 33.0 Å². The highest BCUT2D eigenvalue weighted by Crippen LogP contribution is 2.37. The van der Waals surface area contributed by atoms with Crippen molar-refractivity contribution >= 4 is 41.1 Å². The van der Waals surface area contributed by atoms with Gasteiger partial charge in [0, 0.05) is 11.3 Å². The molecular formula is C36H35FN4O6. The molecule has 4 aromatic carbocycles. The SMILES string of the molecule is CC(C)(C)OC(=O)Nc1ccc(-c2ccc(F)cc2)cc1NC(=O)c1ccc(NC(=O)C2(NC(=O)OCc3ccccc3)CC2)cc1. The highest BCUT2D eigenvalue weighted by atomic mass is 19.1. The Balaban J connectivity index is 1.24. The van der Waals surface area contributed by atoms with E-state index in [0.29, 0.717) is 41.0 Å². The van der Waals surface area contributed by atoms with E-state index in [1.807, 2.05) is 30.3 Å². The molecule has 47 heavy (non-hydrogen) atoms. The van der Waals surface area contributed by atoms with Crippen molar-refractivity contribution in [1.29, 1.82) is 0 Å². The van der Waals surface area contributed by atoms with Gasteiger partial charge in [-0.25, -0.2) is 14.0 Å². The molecule has 1 saturated carbocycles. The molecule has 0 saturated heterocycles. The number of halogens is 1. The first kappa shape index (κ1) is 32.7. The summed E-state index contributed by atoms with van der Waals surface area (Å²) in [6.45, 7) is 5.30. The van der Waals surface area contributed by atoms with Crippen LogP contribution >= 0.6 is 0 Å². The number of ether oxygens (including phenoxy) is 2. The molecule has 0 aliphatic heterocycles. The van der Waals surface area contributed by atoms with Gasteiger partial charge >= 0.3 is 12.2 Å². The predicted octanol–water partition coefficient (Wildman–Crippen LogP) is 7.49. The van der Waals surface area contributed by atoms with Crippen molar-refractivity contribution in [2.24, 2.45) is 0 Å². The average Bonchev–Trinajstić information content (AvgIpc) is 3.82. The van der Waals surface area contributed by atoms with Gasteiger partial charge in [-0.1, -0.05) is 48.5 Å². The molecule has 0 spiro atoms.